The molecule has 0 fully saturated rings. The largest absolute Gasteiger partial charge is 0.469 e. The lowest BCUT2D eigenvalue weighted by atomic mass is 10.2. The average Bonchev–Trinajstić information content (AvgIpc) is 1.99. The van der Waals surface area contributed by atoms with Crippen LogP contribution in [0.3, 0.4) is 0 Å². The Bertz CT molecular complexity index is 160. The summed E-state index contributed by atoms with van der Waals surface area (Å²) in [6, 6.07) is -0.669. The number of nitrogens with two attached hydrogens (primary N) is 1. The fraction of sp³-hybridized carbons (Fsp3) is 0.667. The second kappa shape index (κ2) is 5.15. The molecule has 2 N–H and O–H groups in total. The van der Waals surface area contributed by atoms with Gasteiger partial charge in [-0.2, -0.15) is 0 Å². The van der Waals surface area contributed by atoms with Crippen molar-refractivity contribution in [3.8, 4) is 0 Å². The molecule has 0 bridgehead atoms. The van der Waals surface area contributed by atoms with E-state index >= 15 is 0 Å². The molecule has 0 aromatic carbocycles. The van der Waals surface area contributed by atoms with Crippen LogP contribution in [-0.4, -0.2) is 24.2 Å². The van der Waals surface area contributed by atoms with Crippen molar-refractivity contribution in [3.63, 3.8) is 0 Å². The van der Waals surface area contributed by atoms with Gasteiger partial charge >= 0.3 is 5.97 Å². The Kier molecular flexibility index (Phi) is 4.89. The summed E-state index contributed by atoms with van der Waals surface area (Å²) in [5.41, 5.74) is 5.29. The van der Waals surface area contributed by atoms with Gasteiger partial charge in [0.05, 0.1) is 13.2 Å². The molecule has 64 valence electrons. The molecule has 0 aliphatic carbocycles. The zero-order valence-electron chi connectivity index (χ0n) is 6.24. The monoisotopic (exact) mass is 177 g/mol. The Balaban J connectivity index is 3.54. The molecule has 0 aromatic heterocycles. The Labute approximate surface area is 70.5 Å². The first-order chi connectivity index (χ1) is 5.07. The molecule has 0 rings (SSSR count). The van der Waals surface area contributed by atoms with Gasteiger partial charge in [-0.3, -0.25) is 9.59 Å². The molecule has 0 heterocycles. The van der Waals surface area contributed by atoms with Crippen LogP contribution >= 0.6 is 12.6 Å². The van der Waals surface area contributed by atoms with Gasteiger partial charge in [-0.15, -0.1) is 12.6 Å². The van der Waals surface area contributed by atoms with Gasteiger partial charge in [0.25, 0.3) is 0 Å². The number of methoxy groups -OCH3 is 1. The normalized spacial score (nSPS) is 12.3. The van der Waals surface area contributed by atoms with E-state index in [0.29, 0.717) is 0 Å². The molecule has 0 spiro atoms. The minimum atomic E-state index is -0.669. The van der Waals surface area contributed by atoms with Crippen LogP contribution in [0.5, 0.6) is 0 Å². The Morgan fingerprint density at radius 3 is 2.55 bits per heavy atom. The molecular formula is C6H11NO3S. The topological polar surface area (TPSA) is 69.4 Å². The molecule has 5 heteroatoms. The van der Waals surface area contributed by atoms with E-state index in [-0.39, 0.29) is 18.8 Å². The molecule has 0 saturated heterocycles. The van der Waals surface area contributed by atoms with E-state index < -0.39 is 11.2 Å². The van der Waals surface area contributed by atoms with Gasteiger partial charge in [0.2, 0.25) is 5.12 Å². The van der Waals surface area contributed by atoms with Crippen LogP contribution in [0.25, 0.3) is 0 Å². The van der Waals surface area contributed by atoms with Crippen LogP contribution in [0.15, 0.2) is 0 Å². The first-order valence-corrected chi connectivity index (χ1v) is 3.58. The molecule has 0 amide bonds. The highest BCUT2D eigenvalue weighted by Crippen LogP contribution is 1.98. The number of thiol groups is 1. The lowest BCUT2D eigenvalue weighted by Crippen LogP contribution is -2.27. The Morgan fingerprint density at radius 2 is 2.18 bits per heavy atom. The van der Waals surface area contributed by atoms with Crippen LogP contribution < -0.4 is 5.73 Å². The van der Waals surface area contributed by atoms with Gasteiger partial charge in [-0.1, -0.05) is 0 Å². The van der Waals surface area contributed by atoms with Crippen molar-refractivity contribution in [3.05, 3.63) is 0 Å². The van der Waals surface area contributed by atoms with Crippen LogP contribution in [0.2, 0.25) is 0 Å². The molecule has 11 heavy (non-hydrogen) atoms. The van der Waals surface area contributed by atoms with Gasteiger partial charge in [-0.05, 0) is 6.42 Å². The van der Waals surface area contributed by atoms with E-state index in [4.69, 9.17) is 5.73 Å². The van der Waals surface area contributed by atoms with Crippen molar-refractivity contribution in [2.24, 2.45) is 5.73 Å². The fourth-order valence-corrected chi connectivity index (χ4v) is 0.628. The van der Waals surface area contributed by atoms with Crippen molar-refractivity contribution in [2.75, 3.05) is 7.11 Å². The number of hydrogen-bond acceptors (Lipinski definition) is 4. The summed E-state index contributed by atoms with van der Waals surface area (Å²) in [5, 5.41) is -0.408. The van der Waals surface area contributed by atoms with Crippen molar-refractivity contribution in [2.45, 2.75) is 18.9 Å². The quantitative estimate of drug-likeness (QED) is 0.458. The maximum atomic E-state index is 10.5. The van der Waals surface area contributed by atoms with Gasteiger partial charge < -0.3 is 10.5 Å². The minimum absolute atomic E-state index is 0.157. The van der Waals surface area contributed by atoms with E-state index in [1.165, 1.54) is 7.11 Å². The van der Waals surface area contributed by atoms with E-state index in [9.17, 15) is 9.59 Å². The molecule has 0 radical (unpaired) electrons. The lowest BCUT2D eigenvalue weighted by Gasteiger charge is -2.04. The summed E-state index contributed by atoms with van der Waals surface area (Å²) >= 11 is 3.51. The molecule has 0 saturated carbocycles. The summed E-state index contributed by atoms with van der Waals surface area (Å²) in [6.07, 6.45) is 0.443. The van der Waals surface area contributed by atoms with Crippen LogP contribution in [-0.2, 0) is 14.3 Å². The zero-order chi connectivity index (χ0) is 8.85. The van der Waals surface area contributed by atoms with Crippen molar-refractivity contribution >= 4 is 23.7 Å². The summed E-state index contributed by atoms with van der Waals surface area (Å²) < 4.78 is 4.35. The summed E-state index contributed by atoms with van der Waals surface area (Å²) in [4.78, 5) is 21.0. The third-order valence-electron chi connectivity index (χ3n) is 1.20. The van der Waals surface area contributed by atoms with Gasteiger partial charge in [0.15, 0.2) is 0 Å². The lowest BCUT2D eigenvalue weighted by molar-refractivity contribution is -0.140. The highest BCUT2D eigenvalue weighted by molar-refractivity contribution is 7.96. The smallest absolute Gasteiger partial charge is 0.305 e. The molecule has 0 aliphatic heterocycles. The molecule has 0 unspecified atom stereocenters. The first-order valence-electron chi connectivity index (χ1n) is 3.13. The summed E-state index contributed by atoms with van der Waals surface area (Å²) in [7, 11) is 1.29. The Morgan fingerprint density at radius 1 is 1.64 bits per heavy atom. The summed E-state index contributed by atoms with van der Waals surface area (Å²) in [5.74, 6) is -0.366. The predicted octanol–water partition coefficient (Wildman–Crippen LogP) is -0.277. The van der Waals surface area contributed by atoms with Crippen LogP contribution in [0.4, 0.5) is 0 Å². The first kappa shape index (κ1) is 10.4. The SMILES string of the molecule is COC(=O)CC[C@H](N)C(=O)S. The molecule has 0 aliphatic rings. The van der Waals surface area contributed by atoms with E-state index in [1.54, 1.807) is 0 Å². The number of carbonyl (C=O) groups is 2. The second-order valence-electron chi connectivity index (χ2n) is 2.06. The van der Waals surface area contributed by atoms with Crippen LogP contribution in [0, 0.1) is 0 Å². The highest BCUT2D eigenvalue weighted by Gasteiger charge is 2.11. The maximum absolute atomic E-state index is 10.5. The van der Waals surface area contributed by atoms with E-state index in [2.05, 4.69) is 17.4 Å². The molecule has 1 atom stereocenters. The average molecular weight is 177 g/mol. The number of rotatable bonds is 4. The zero-order valence-corrected chi connectivity index (χ0v) is 7.14. The van der Waals surface area contributed by atoms with Crippen molar-refractivity contribution in [1.82, 2.24) is 0 Å². The third kappa shape index (κ3) is 4.80. The number of ether oxygens (including phenoxy) is 1. The predicted molar refractivity (Wildman–Crippen MR) is 43.2 cm³/mol. The van der Waals surface area contributed by atoms with Gasteiger partial charge in [0, 0.05) is 6.42 Å². The van der Waals surface area contributed by atoms with Gasteiger partial charge in [-0.25, -0.2) is 0 Å². The molecule has 0 aromatic rings. The van der Waals surface area contributed by atoms with Crippen LogP contribution in [0.1, 0.15) is 12.8 Å². The molecule has 4 nitrogen and oxygen atoms in total. The van der Waals surface area contributed by atoms with Gasteiger partial charge in [0.1, 0.15) is 0 Å². The number of esters is 1. The highest BCUT2D eigenvalue weighted by atomic mass is 32.1. The minimum Gasteiger partial charge on any atom is -0.469 e. The number of hydrogen-bond donors (Lipinski definition) is 2. The Hall–Kier alpha value is -0.550. The maximum Gasteiger partial charge on any atom is 0.305 e. The standard InChI is InChI=1S/C6H11NO3S/c1-10-5(8)3-2-4(7)6(9)11/h4H,2-3,7H2,1H3,(H,9,11)/t4-/m0/s1. The molecular weight excluding hydrogens is 166 g/mol. The second-order valence-corrected chi connectivity index (χ2v) is 2.50. The third-order valence-corrected chi connectivity index (χ3v) is 1.54. The van der Waals surface area contributed by atoms with E-state index in [1.807, 2.05) is 0 Å². The van der Waals surface area contributed by atoms with E-state index in [0.717, 1.165) is 0 Å². The fourth-order valence-electron chi connectivity index (χ4n) is 0.499. The summed E-state index contributed by atoms with van der Waals surface area (Å²) in [6.45, 7) is 0. The number of carbonyl (C=O) groups excluding carboxylic acids is 2. The van der Waals surface area contributed by atoms with Crippen molar-refractivity contribution < 1.29 is 14.3 Å². The van der Waals surface area contributed by atoms with Crippen molar-refractivity contribution in [1.29, 1.82) is 0 Å².